The average molecular weight is 538 g/mol. The molecule has 0 aliphatic carbocycles. The lowest BCUT2D eigenvalue weighted by Gasteiger charge is -2.30. The third-order valence-corrected chi connectivity index (χ3v) is 8.94. The van der Waals surface area contributed by atoms with Crippen molar-refractivity contribution in [3.8, 4) is 5.75 Å². The van der Waals surface area contributed by atoms with Gasteiger partial charge in [0.15, 0.2) is 0 Å². The van der Waals surface area contributed by atoms with E-state index in [1.165, 1.54) is 4.31 Å². The van der Waals surface area contributed by atoms with Crippen LogP contribution < -0.4 is 14.4 Å². The average Bonchev–Trinajstić information content (AvgIpc) is 3.14. The number of carbonyl (C=O) groups excluding carboxylic acids is 2. The number of carbonyl (C=O) groups is 2. The Morgan fingerprint density at radius 3 is 2.47 bits per heavy atom. The largest absolute Gasteiger partial charge is 0.497 e. The van der Waals surface area contributed by atoms with Gasteiger partial charge >= 0.3 is 0 Å². The Balaban J connectivity index is 1.50. The Morgan fingerprint density at radius 1 is 1.05 bits per heavy atom. The number of methoxy groups -OCH3 is 1. The third-order valence-electron chi connectivity index (χ3n) is 7.09. The van der Waals surface area contributed by atoms with Crippen LogP contribution in [0.25, 0.3) is 10.8 Å². The summed E-state index contributed by atoms with van der Waals surface area (Å²) < 4.78 is 33.3. The highest BCUT2D eigenvalue weighted by molar-refractivity contribution is 7.93. The molecule has 8 nitrogen and oxygen atoms in total. The molecular formula is C29H35N3O5S. The zero-order valence-electron chi connectivity index (χ0n) is 22.3. The van der Waals surface area contributed by atoms with Gasteiger partial charge in [-0.25, -0.2) is 8.42 Å². The van der Waals surface area contributed by atoms with Gasteiger partial charge in [0, 0.05) is 30.9 Å². The summed E-state index contributed by atoms with van der Waals surface area (Å²) in [6.45, 7) is 6.03. The van der Waals surface area contributed by atoms with Crippen molar-refractivity contribution in [3.63, 3.8) is 0 Å². The first-order valence-electron chi connectivity index (χ1n) is 12.9. The van der Waals surface area contributed by atoms with Gasteiger partial charge in [-0.15, -0.1) is 0 Å². The molecule has 1 heterocycles. The van der Waals surface area contributed by atoms with Crippen LogP contribution in [0.3, 0.4) is 0 Å². The highest BCUT2D eigenvalue weighted by atomic mass is 32.2. The molecule has 0 saturated carbocycles. The van der Waals surface area contributed by atoms with E-state index in [-0.39, 0.29) is 37.4 Å². The maximum absolute atomic E-state index is 13.5. The number of benzene rings is 3. The van der Waals surface area contributed by atoms with Crippen LogP contribution in [0.2, 0.25) is 0 Å². The second-order valence-electron chi connectivity index (χ2n) is 9.68. The molecule has 1 aliphatic rings. The van der Waals surface area contributed by atoms with Crippen molar-refractivity contribution in [1.29, 1.82) is 0 Å². The molecule has 202 valence electrons. The molecule has 0 bridgehead atoms. The summed E-state index contributed by atoms with van der Waals surface area (Å²) in [5.41, 5.74) is 1.48. The van der Waals surface area contributed by atoms with Crippen LogP contribution in [0.5, 0.6) is 5.75 Å². The van der Waals surface area contributed by atoms with E-state index in [1.807, 2.05) is 56.3 Å². The van der Waals surface area contributed by atoms with E-state index in [1.54, 1.807) is 37.1 Å². The Morgan fingerprint density at radius 2 is 1.76 bits per heavy atom. The lowest BCUT2D eigenvalue weighted by Crippen LogP contribution is -2.49. The van der Waals surface area contributed by atoms with Crippen molar-refractivity contribution in [2.24, 2.45) is 0 Å². The Kier molecular flexibility index (Phi) is 8.26. The van der Waals surface area contributed by atoms with E-state index >= 15 is 0 Å². The zero-order chi connectivity index (χ0) is 27.4. The number of nitrogens with one attached hydrogen (secondary N) is 1. The highest BCUT2D eigenvalue weighted by Crippen LogP contribution is 2.42. The van der Waals surface area contributed by atoms with Gasteiger partial charge in [-0.3, -0.25) is 13.9 Å². The lowest BCUT2D eigenvalue weighted by molar-refractivity contribution is -0.140. The maximum Gasteiger partial charge on any atom is 0.265 e. The second kappa shape index (κ2) is 11.4. The van der Waals surface area contributed by atoms with Crippen LogP contribution in [0.15, 0.2) is 65.6 Å². The van der Waals surface area contributed by atoms with Crippen LogP contribution in [-0.4, -0.2) is 50.9 Å². The molecule has 0 unspecified atom stereocenters. The molecule has 4 rings (SSSR count). The van der Waals surface area contributed by atoms with Gasteiger partial charge in [0.25, 0.3) is 10.0 Å². The number of hydrogen-bond donors (Lipinski definition) is 1. The van der Waals surface area contributed by atoms with Crippen molar-refractivity contribution in [2.75, 3.05) is 18.0 Å². The predicted octanol–water partition coefficient (Wildman–Crippen LogP) is 4.47. The number of rotatable bonds is 11. The van der Waals surface area contributed by atoms with Crippen LogP contribution in [-0.2, 0) is 26.2 Å². The molecule has 1 N–H and O–H groups in total. The fourth-order valence-corrected chi connectivity index (χ4v) is 6.48. The molecule has 3 aromatic carbocycles. The molecule has 9 heteroatoms. The minimum Gasteiger partial charge on any atom is -0.497 e. The summed E-state index contributed by atoms with van der Waals surface area (Å²) in [5, 5.41) is 4.55. The first kappa shape index (κ1) is 27.4. The quantitative estimate of drug-likeness (QED) is 0.389. The summed E-state index contributed by atoms with van der Waals surface area (Å²) in [6.07, 6.45) is 1.20. The van der Waals surface area contributed by atoms with Gasteiger partial charge in [0.05, 0.1) is 17.7 Å². The molecule has 3 aromatic rings. The highest BCUT2D eigenvalue weighted by Gasteiger charge is 2.35. The Bertz CT molecular complexity index is 1430. The van der Waals surface area contributed by atoms with Crippen molar-refractivity contribution in [1.82, 2.24) is 10.2 Å². The molecule has 2 amide bonds. The monoisotopic (exact) mass is 537 g/mol. The molecule has 0 fully saturated rings. The first-order chi connectivity index (χ1) is 18.2. The Labute approximate surface area is 224 Å². The topological polar surface area (TPSA) is 96.0 Å². The smallest absolute Gasteiger partial charge is 0.265 e. The Hall–Kier alpha value is -3.59. The maximum atomic E-state index is 13.5. The van der Waals surface area contributed by atoms with Gasteiger partial charge in [-0.05, 0) is 61.9 Å². The van der Waals surface area contributed by atoms with Crippen LogP contribution in [0, 0.1) is 0 Å². The van der Waals surface area contributed by atoms with Crippen molar-refractivity contribution >= 4 is 38.3 Å². The molecule has 2 atom stereocenters. The van der Waals surface area contributed by atoms with E-state index in [0.29, 0.717) is 22.8 Å². The summed E-state index contributed by atoms with van der Waals surface area (Å²) in [5.74, 6) is 0.228. The molecule has 0 aromatic heterocycles. The fourth-order valence-electron chi connectivity index (χ4n) is 4.73. The van der Waals surface area contributed by atoms with Crippen LogP contribution >= 0.6 is 0 Å². The number of hydrogen-bond acceptors (Lipinski definition) is 5. The summed E-state index contributed by atoms with van der Waals surface area (Å²) >= 11 is 0. The van der Waals surface area contributed by atoms with E-state index in [4.69, 9.17) is 4.74 Å². The normalized spacial score (nSPS) is 15.2. The minimum atomic E-state index is -3.69. The van der Waals surface area contributed by atoms with Gasteiger partial charge in [-0.2, -0.15) is 0 Å². The fraction of sp³-hybridized carbons (Fsp3) is 0.379. The minimum absolute atomic E-state index is 0.0107. The molecule has 1 aliphatic heterocycles. The zero-order valence-corrected chi connectivity index (χ0v) is 23.1. The molecule has 0 radical (unpaired) electrons. The molecule has 0 saturated heterocycles. The number of amides is 2. The van der Waals surface area contributed by atoms with Gasteiger partial charge in [0.1, 0.15) is 11.8 Å². The predicted molar refractivity (Wildman–Crippen MR) is 149 cm³/mol. The number of anilines is 1. The second-order valence-corrected chi connectivity index (χ2v) is 11.5. The van der Waals surface area contributed by atoms with E-state index < -0.39 is 16.1 Å². The summed E-state index contributed by atoms with van der Waals surface area (Å²) in [4.78, 5) is 28.3. The number of nitrogens with zero attached hydrogens (tertiary/aromatic N) is 2. The standard InChI is InChI=1S/C29H35N3O5S/c1-5-20(2)30-29(34)21(3)31(19-22-10-6-13-24(18-22)37-4)27(33)16-9-17-32-25-14-7-11-23-12-8-15-26(28(23)25)38(32,35)36/h6-8,10-15,18,20-21H,5,9,16-17,19H2,1-4H3,(H,30,34)/t20-,21-/m1/s1. The first-order valence-corrected chi connectivity index (χ1v) is 14.4. The van der Waals surface area contributed by atoms with E-state index in [2.05, 4.69) is 5.32 Å². The van der Waals surface area contributed by atoms with Gasteiger partial charge in [-0.1, -0.05) is 43.3 Å². The third kappa shape index (κ3) is 5.48. The molecule has 0 spiro atoms. The van der Waals surface area contributed by atoms with Crippen molar-refractivity contribution in [2.45, 2.75) is 63.6 Å². The summed E-state index contributed by atoms with van der Waals surface area (Å²) in [7, 11) is -2.11. The lowest BCUT2D eigenvalue weighted by atomic mass is 10.1. The van der Waals surface area contributed by atoms with E-state index in [0.717, 1.165) is 22.8 Å². The van der Waals surface area contributed by atoms with E-state index in [9.17, 15) is 18.0 Å². The van der Waals surface area contributed by atoms with Gasteiger partial charge in [0.2, 0.25) is 11.8 Å². The molecule has 38 heavy (non-hydrogen) atoms. The van der Waals surface area contributed by atoms with Gasteiger partial charge < -0.3 is 15.0 Å². The van der Waals surface area contributed by atoms with Crippen LogP contribution in [0.4, 0.5) is 5.69 Å². The number of sulfonamides is 1. The van der Waals surface area contributed by atoms with Crippen molar-refractivity contribution < 1.29 is 22.7 Å². The molecular weight excluding hydrogens is 502 g/mol. The van der Waals surface area contributed by atoms with Crippen LogP contribution in [0.1, 0.15) is 45.6 Å². The number of ether oxygens (including phenoxy) is 1. The summed E-state index contributed by atoms with van der Waals surface area (Å²) in [6, 6.07) is 17.5. The SMILES string of the molecule is CC[C@@H](C)NC(=O)[C@@H](C)N(Cc1cccc(OC)c1)C(=O)CCCN1c2cccc3cccc(c23)S1(=O)=O. The van der Waals surface area contributed by atoms with Crippen molar-refractivity contribution in [3.05, 3.63) is 66.2 Å².